The van der Waals surface area contributed by atoms with Crippen LogP contribution in [0.3, 0.4) is 0 Å². The molecule has 1 aromatic rings. The van der Waals surface area contributed by atoms with Crippen LogP contribution in [0.15, 0.2) is 30.3 Å². The Labute approximate surface area is 103 Å². The van der Waals surface area contributed by atoms with Gasteiger partial charge in [0.25, 0.3) is 0 Å². The first-order valence-electron chi connectivity index (χ1n) is 6.28. The highest BCUT2D eigenvalue weighted by atomic mass is 32.2. The molecule has 1 fully saturated rings. The van der Waals surface area contributed by atoms with Gasteiger partial charge in [-0.05, 0) is 36.5 Å². The van der Waals surface area contributed by atoms with E-state index >= 15 is 0 Å². The molecule has 2 unspecified atom stereocenters. The highest BCUT2D eigenvalue weighted by Gasteiger charge is 2.37. The molecule has 1 aliphatic carbocycles. The largest absolute Gasteiger partial charge is 0.313 e. The number of hydrogen-bond donors (Lipinski definition) is 1. The molecule has 0 aliphatic heterocycles. The molecule has 0 aromatic heterocycles. The summed E-state index contributed by atoms with van der Waals surface area (Å²) in [6.07, 6.45) is 2.63. The molecule has 0 heterocycles. The summed E-state index contributed by atoms with van der Waals surface area (Å²) in [6.45, 7) is 3.41. The van der Waals surface area contributed by atoms with Crippen LogP contribution in [-0.2, 0) is 0 Å². The van der Waals surface area contributed by atoms with E-state index in [1.54, 1.807) is 0 Å². The van der Waals surface area contributed by atoms with Crippen molar-refractivity contribution in [1.29, 1.82) is 0 Å². The second kappa shape index (κ2) is 6.31. The van der Waals surface area contributed by atoms with Crippen LogP contribution in [0.5, 0.6) is 0 Å². The minimum atomic E-state index is 0.744. The van der Waals surface area contributed by atoms with Crippen molar-refractivity contribution in [3.63, 3.8) is 0 Å². The molecule has 88 valence electrons. The van der Waals surface area contributed by atoms with Gasteiger partial charge in [0, 0.05) is 12.0 Å². The Morgan fingerprint density at radius 1 is 1.31 bits per heavy atom. The molecule has 1 N–H and O–H groups in total. The zero-order valence-electron chi connectivity index (χ0n) is 9.99. The first-order chi connectivity index (χ1) is 7.92. The molecule has 0 spiro atoms. The maximum absolute atomic E-state index is 3.65. The molecule has 1 saturated carbocycles. The lowest BCUT2D eigenvalue weighted by molar-refractivity contribution is 0.661. The summed E-state index contributed by atoms with van der Waals surface area (Å²) in [6, 6.07) is 11.6. The van der Waals surface area contributed by atoms with Gasteiger partial charge in [-0.1, -0.05) is 37.3 Å². The molecular weight excluding hydrogens is 214 g/mol. The van der Waals surface area contributed by atoms with Crippen molar-refractivity contribution in [3.8, 4) is 0 Å². The molecular formula is C14H21NS. The average Bonchev–Trinajstić information content (AvgIpc) is 3.10. The Balaban J connectivity index is 1.61. The second-order valence-corrected chi connectivity index (χ2v) is 5.76. The van der Waals surface area contributed by atoms with E-state index in [1.165, 1.54) is 36.5 Å². The summed E-state index contributed by atoms with van der Waals surface area (Å²) in [7, 11) is 0. The van der Waals surface area contributed by atoms with Crippen LogP contribution in [-0.4, -0.2) is 24.1 Å². The van der Waals surface area contributed by atoms with Crippen LogP contribution in [0.25, 0.3) is 0 Å². The van der Waals surface area contributed by atoms with Gasteiger partial charge >= 0.3 is 0 Å². The van der Waals surface area contributed by atoms with E-state index in [0.29, 0.717) is 0 Å². The van der Waals surface area contributed by atoms with Crippen molar-refractivity contribution in [3.05, 3.63) is 35.9 Å². The van der Waals surface area contributed by atoms with E-state index in [0.717, 1.165) is 12.0 Å². The van der Waals surface area contributed by atoms with Gasteiger partial charge < -0.3 is 5.32 Å². The summed E-state index contributed by atoms with van der Waals surface area (Å²) in [4.78, 5) is 0. The Kier molecular flexibility index (Phi) is 4.73. The fourth-order valence-corrected chi connectivity index (χ4v) is 2.73. The van der Waals surface area contributed by atoms with Crippen molar-refractivity contribution >= 4 is 11.8 Å². The molecule has 0 amide bonds. The van der Waals surface area contributed by atoms with Gasteiger partial charge in [0.05, 0.1) is 0 Å². The Morgan fingerprint density at radius 2 is 2.12 bits per heavy atom. The fraction of sp³-hybridized carbons (Fsp3) is 0.571. The molecule has 0 bridgehead atoms. The zero-order chi connectivity index (χ0) is 11.2. The minimum absolute atomic E-state index is 0.744. The maximum atomic E-state index is 3.65. The third-order valence-electron chi connectivity index (χ3n) is 3.09. The first kappa shape index (κ1) is 12.0. The quantitative estimate of drug-likeness (QED) is 0.728. The van der Waals surface area contributed by atoms with E-state index < -0.39 is 0 Å². The number of benzene rings is 1. The van der Waals surface area contributed by atoms with Crippen LogP contribution in [0.2, 0.25) is 0 Å². The zero-order valence-corrected chi connectivity index (χ0v) is 10.8. The lowest BCUT2D eigenvalue weighted by Gasteiger charge is -2.03. The van der Waals surface area contributed by atoms with E-state index in [2.05, 4.69) is 42.6 Å². The van der Waals surface area contributed by atoms with Crippen molar-refractivity contribution < 1.29 is 0 Å². The summed E-state index contributed by atoms with van der Waals surface area (Å²) < 4.78 is 0. The second-order valence-electron chi connectivity index (χ2n) is 4.36. The van der Waals surface area contributed by atoms with Crippen molar-refractivity contribution in [2.75, 3.05) is 18.1 Å². The standard InChI is InChI=1S/C14H21NS/c1-2-16-10-6-9-15-14-11-13(14)12-7-4-3-5-8-12/h3-5,7-8,13-15H,2,6,9-11H2,1H3. The highest BCUT2D eigenvalue weighted by Crippen LogP contribution is 2.40. The Morgan fingerprint density at radius 3 is 2.88 bits per heavy atom. The third-order valence-corrected chi connectivity index (χ3v) is 4.08. The van der Waals surface area contributed by atoms with Crippen molar-refractivity contribution in [1.82, 2.24) is 5.32 Å². The summed E-state index contributed by atoms with van der Waals surface area (Å²) in [5.74, 6) is 3.32. The van der Waals surface area contributed by atoms with Crippen LogP contribution in [0.4, 0.5) is 0 Å². The summed E-state index contributed by atoms with van der Waals surface area (Å²) in [5.41, 5.74) is 1.50. The predicted molar refractivity (Wildman–Crippen MR) is 73.2 cm³/mol. The van der Waals surface area contributed by atoms with Gasteiger partial charge in [-0.25, -0.2) is 0 Å². The van der Waals surface area contributed by atoms with E-state index in [4.69, 9.17) is 0 Å². The van der Waals surface area contributed by atoms with Crippen LogP contribution < -0.4 is 5.32 Å². The maximum Gasteiger partial charge on any atom is 0.0143 e. The first-order valence-corrected chi connectivity index (χ1v) is 7.43. The summed E-state index contributed by atoms with van der Waals surface area (Å²) in [5, 5.41) is 3.65. The van der Waals surface area contributed by atoms with Gasteiger partial charge in [-0.3, -0.25) is 0 Å². The van der Waals surface area contributed by atoms with E-state index in [9.17, 15) is 0 Å². The molecule has 2 rings (SSSR count). The van der Waals surface area contributed by atoms with Crippen LogP contribution in [0.1, 0.15) is 31.2 Å². The average molecular weight is 235 g/mol. The SMILES string of the molecule is CCSCCCNC1CC1c1ccccc1. The van der Waals surface area contributed by atoms with Gasteiger partial charge in [-0.15, -0.1) is 0 Å². The van der Waals surface area contributed by atoms with Crippen molar-refractivity contribution in [2.24, 2.45) is 0 Å². The highest BCUT2D eigenvalue weighted by molar-refractivity contribution is 7.99. The Bertz CT molecular complexity index is 299. The van der Waals surface area contributed by atoms with Gasteiger partial charge in [0.15, 0.2) is 0 Å². The third kappa shape index (κ3) is 3.53. The molecule has 0 radical (unpaired) electrons. The molecule has 2 atom stereocenters. The monoisotopic (exact) mass is 235 g/mol. The molecule has 16 heavy (non-hydrogen) atoms. The number of nitrogens with one attached hydrogen (secondary N) is 1. The fourth-order valence-electron chi connectivity index (χ4n) is 2.10. The van der Waals surface area contributed by atoms with Gasteiger partial charge in [-0.2, -0.15) is 11.8 Å². The topological polar surface area (TPSA) is 12.0 Å². The van der Waals surface area contributed by atoms with E-state index in [-0.39, 0.29) is 0 Å². The van der Waals surface area contributed by atoms with Crippen LogP contribution in [0, 0.1) is 0 Å². The van der Waals surface area contributed by atoms with Crippen LogP contribution >= 0.6 is 11.8 Å². The number of thioether (sulfide) groups is 1. The summed E-state index contributed by atoms with van der Waals surface area (Å²) >= 11 is 2.04. The van der Waals surface area contributed by atoms with Gasteiger partial charge in [0.1, 0.15) is 0 Å². The van der Waals surface area contributed by atoms with E-state index in [1.807, 2.05) is 11.8 Å². The molecule has 2 heteroatoms. The lowest BCUT2D eigenvalue weighted by atomic mass is 10.1. The Hall–Kier alpha value is -0.470. The smallest absolute Gasteiger partial charge is 0.0143 e. The molecule has 1 nitrogen and oxygen atoms in total. The molecule has 1 aliphatic rings. The van der Waals surface area contributed by atoms with Crippen molar-refractivity contribution in [2.45, 2.75) is 31.7 Å². The van der Waals surface area contributed by atoms with Gasteiger partial charge in [0.2, 0.25) is 0 Å². The molecule has 0 saturated heterocycles. The number of rotatable bonds is 7. The molecule has 1 aromatic carbocycles. The minimum Gasteiger partial charge on any atom is -0.313 e. The normalized spacial score (nSPS) is 23.3. The predicted octanol–water partition coefficient (Wildman–Crippen LogP) is 3.28. The lowest BCUT2D eigenvalue weighted by Crippen LogP contribution is -2.19. The number of hydrogen-bond acceptors (Lipinski definition) is 2.